The zero-order valence-electron chi connectivity index (χ0n) is 8.98. The van der Waals surface area contributed by atoms with Gasteiger partial charge in [0.2, 0.25) is 0 Å². The van der Waals surface area contributed by atoms with E-state index < -0.39 is 0 Å². The molecule has 1 aliphatic rings. The molecule has 1 saturated heterocycles. The molecule has 1 heterocycles. The van der Waals surface area contributed by atoms with Gasteiger partial charge >= 0.3 is 0 Å². The molecule has 14 heavy (non-hydrogen) atoms. The lowest BCUT2D eigenvalue weighted by Crippen LogP contribution is -2.40. The molecular weight excluding hydrogens is 180 g/mol. The summed E-state index contributed by atoms with van der Waals surface area (Å²) >= 11 is 0. The summed E-state index contributed by atoms with van der Waals surface area (Å²) in [6, 6.07) is 0.0882. The third-order valence-corrected chi connectivity index (χ3v) is 2.53. The number of rotatable bonds is 4. The van der Waals surface area contributed by atoms with E-state index in [1.807, 2.05) is 0 Å². The number of hydrogen-bond acceptors (Lipinski definition) is 4. The average Bonchev–Trinajstić information content (AvgIpc) is 2.30. The minimum absolute atomic E-state index is 0.0882. The molecule has 0 saturated carbocycles. The van der Waals surface area contributed by atoms with Gasteiger partial charge < -0.3 is 15.6 Å². The Bertz CT molecular complexity index is 155. The largest absolute Gasteiger partial charge is 0.396 e. The number of ether oxygens (including phenoxy) is 1. The zero-order valence-corrected chi connectivity index (χ0v) is 8.98. The van der Waals surface area contributed by atoms with Gasteiger partial charge in [-0.15, -0.1) is 0 Å². The van der Waals surface area contributed by atoms with E-state index in [0.29, 0.717) is 12.5 Å². The summed E-state index contributed by atoms with van der Waals surface area (Å²) in [4.78, 5) is 2.33. The van der Waals surface area contributed by atoms with E-state index in [1.165, 1.54) is 0 Å². The highest BCUT2D eigenvalue weighted by Crippen LogP contribution is 2.06. The molecule has 2 atom stereocenters. The van der Waals surface area contributed by atoms with Crippen LogP contribution in [0, 0.1) is 0 Å². The van der Waals surface area contributed by atoms with Gasteiger partial charge in [-0.25, -0.2) is 0 Å². The first-order chi connectivity index (χ1) is 6.72. The Morgan fingerprint density at radius 1 is 1.64 bits per heavy atom. The summed E-state index contributed by atoms with van der Waals surface area (Å²) in [5.74, 6) is 0. The summed E-state index contributed by atoms with van der Waals surface area (Å²) in [5.41, 5.74) is 5.87. The number of aliphatic hydroxyl groups is 1. The van der Waals surface area contributed by atoms with Crippen LogP contribution in [-0.2, 0) is 4.74 Å². The first-order valence-electron chi connectivity index (χ1n) is 5.42. The highest BCUT2D eigenvalue weighted by Gasteiger charge is 2.16. The zero-order chi connectivity index (χ0) is 10.4. The van der Waals surface area contributed by atoms with Crippen LogP contribution in [0.25, 0.3) is 0 Å². The lowest BCUT2D eigenvalue weighted by Gasteiger charge is -2.24. The molecule has 0 aromatic heterocycles. The van der Waals surface area contributed by atoms with Gasteiger partial charge in [-0.05, 0) is 19.8 Å². The highest BCUT2D eigenvalue weighted by atomic mass is 16.5. The average molecular weight is 202 g/mol. The van der Waals surface area contributed by atoms with Gasteiger partial charge in [0.25, 0.3) is 0 Å². The molecular formula is C10H22N2O2. The van der Waals surface area contributed by atoms with Crippen molar-refractivity contribution in [2.75, 3.05) is 32.8 Å². The number of nitrogens with two attached hydrogens (primary N) is 1. The Morgan fingerprint density at radius 2 is 2.43 bits per heavy atom. The smallest absolute Gasteiger partial charge is 0.0673 e. The highest BCUT2D eigenvalue weighted by molar-refractivity contribution is 4.72. The molecule has 0 aromatic rings. The van der Waals surface area contributed by atoms with Crippen LogP contribution >= 0.6 is 0 Å². The fraction of sp³-hybridized carbons (Fsp3) is 1.00. The van der Waals surface area contributed by atoms with E-state index >= 15 is 0 Å². The molecule has 1 rings (SSSR count). The van der Waals surface area contributed by atoms with Crippen molar-refractivity contribution < 1.29 is 9.84 Å². The molecule has 0 radical (unpaired) electrons. The Kier molecular flexibility index (Phi) is 5.40. The van der Waals surface area contributed by atoms with Gasteiger partial charge in [-0.3, -0.25) is 4.90 Å². The quantitative estimate of drug-likeness (QED) is 0.663. The molecule has 3 N–H and O–H groups in total. The third-order valence-electron chi connectivity index (χ3n) is 2.53. The van der Waals surface area contributed by atoms with E-state index in [2.05, 4.69) is 11.8 Å². The van der Waals surface area contributed by atoms with Crippen molar-refractivity contribution in [3.63, 3.8) is 0 Å². The van der Waals surface area contributed by atoms with E-state index in [9.17, 15) is 0 Å². The third kappa shape index (κ3) is 4.37. The van der Waals surface area contributed by atoms with Gasteiger partial charge in [0.05, 0.1) is 6.10 Å². The van der Waals surface area contributed by atoms with Crippen molar-refractivity contribution in [1.82, 2.24) is 4.90 Å². The van der Waals surface area contributed by atoms with Gasteiger partial charge in [0, 0.05) is 38.9 Å². The first-order valence-corrected chi connectivity index (χ1v) is 5.42. The van der Waals surface area contributed by atoms with Crippen LogP contribution in [-0.4, -0.2) is 55.0 Å². The molecule has 84 valence electrons. The van der Waals surface area contributed by atoms with Crippen molar-refractivity contribution >= 4 is 0 Å². The molecule has 0 bridgehead atoms. The number of nitrogens with zero attached hydrogens (tertiary/aromatic N) is 1. The molecule has 2 unspecified atom stereocenters. The van der Waals surface area contributed by atoms with Crippen molar-refractivity contribution in [1.29, 1.82) is 0 Å². The monoisotopic (exact) mass is 202 g/mol. The predicted octanol–water partition coefficient (Wildman–Crippen LogP) is -0.193. The Balaban J connectivity index is 2.27. The summed E-state index contributed by atoms with van der Waals surface area (Å²) < 4.78 is 5.54. The van der Waals surface area contributed by atoms with Crippen molar-refractivity contribution in [2.45, 2.75) is 31.9 Å². The van der Waals surface area contributed by atoms with Crippen LogP contribution in [0.15, 0.2) is 0 Å². The Labute approximate surface area is 86.0 Å². The minimum atomic E-state index is 0.0882. The fourth-order valence-corrected chi connectivity index (χ4v) is 1.83. The Morgan fingerprint density at radius 3 is 3.14 bits per heavy atom. The van der Waals surface area contributed by atoms with Crippen molar-refractivity contribution in [3.8, 4) is 0 Å². The van der Waals surface area contributed by atoms with Gasteiger partial charge in [-0.2, -0.15) is 0 Å². The fourth-order valence-electron chi connectivity index (χ4n) is 1.83. The second kappa shape index (κ2) is 6.35. The number of hydrogen-bond donors (Lipinski definition) is 2. The summed E-state index contributed by atoms with van der Waals surface area (Å²) in [6.07, 6.45) is 2.07. The second-order valence-corrected chi connectivity index (χ2v) is 4.07. The Hall–Kier alpha value is -0.160. The summed E-state index contributed by atoms with van der Waals surface area (Å²) in [6.45, 7) is 6.01. The van der Waals surface area contributed by atoms with E-state index in [-0.39, 0.29) is 12.6 Å². The molecule has 0 aromatic carbocycles. The van der Waals surface area contributed by atoms with E-state index in [4.69, 9.17) is 15.6 Å². The lowest BCUT2D eigenvalue weighted by atomic mass is 10.2. The maximum absolute atomic E-state index is 8.75. The van der Waals surface area contributed by atoms with Crippen molar-refractivity contribution in [3.05, 3.63) is 0 Å². The summed E-state index contributed by atoms with van der Waals surface area (Å²) in [7, 11) is 0. The van der Waals surface area contributed by atoms with Gasteiger partial charge in [0.15, 0.2) is 0 Å². The van der Waals surface area contributed by atoms with Crippen LogP contribution in [0.1, 0.15) is 19.8 Å². The van der Waals surface area contributed by atoms with Crippen LogP contribution in [0.2, 0.25) is 0 Å². The topological polar surface area (TPSA) is 58.7 Å². The van der Waals surface area contributed by atoms with Crippen LogP contribution in [0.3, 0.4) is 0 Å². The normalized spacial score (nSPS) is 27.2. The second-order valence-electron chi connectivity index (χ2n) is 4.07. The predicted molar refractivity (Wildman–Crippen MR) is 56.1 cm³/mol. The van der Waals surface area contributed by atoms with Crippen LogP contribution < -0.4 is 5.73 Å². The lowest BCUT2D eigenvalue weighted by molar-refractivity contribution is 0.0666. The molecule has 1 aliphatic heterocycles. The van der Waals surface area contributed by atoms with Gasteiger partial charge in [-0.1, -0.05) is 0 Å². The van der Waals surface area contributed by atoms with Gasteiger partial charge in [0.1, 0.15) is 0 Å². The summed E-state index contributed by atoms with van der Waals surface area (Å²) in [5, 5.41) is 8.75. The SMILES string of the molecule is CC1CN(CC(N)CCO)CCCO1. The maximum Gasteiger partial charge on any atom is 0.0673 e. The molecule has 4 heteroatoms. The van der Waals surface area contributed by atoms with E-state index in [0.717, 1.165) is 32.7 Å². The molecule has 1 fully saturated rings. The van der Waals surface area contributed by atoms with Crippen LogP contribution in [0.5, 0.6) is 0 Å². The van der Waals surface area contributed by atoms with Crippen molar-refractivity contribution in [2.24, 2.45) is 5.73 Å². The molecule has 0 amide bonds. The first kappa shape index (κ1) is 11.9. The maximum atomic E-state index is 8.75. The molecule has 0 aliphatic carbocycles. The van der Waals surface area contributed by atoms with Crippen LogP contribution in [0.4, 0.5) is 0 Å². The van der Waals surface area contributed by atoms with E-state index in [1.54, 1.807) is 0 Å². The minimum Gasteiger partial charge on any atom is -0.396 e. The standard InChI is InChI=1S/C10H22N2O2/c1-9-7-12(4-2-6-14-9)8-10(11)3-5-13/h9-10,13H,2-8,11H2,1H3. The molecule has 0 spiro atoms. The molecule has 4 nitrogen and oxygen atoms in total. The number of aliphatic hydroxyl groups excluding tert-OH is 1.